The molecule has 27 heavy (non-hydrogen) atoms. The molecular weight excluding hydrogens is 366 g/mol. The zero-order chi connectivity index (χ0) is 19.7. The highest BCUT2D eigenvalue weighted by atomic mass is 32.2. The van der Waals surface area contributed by atoms with Crippen LogP contribution < -0.4 is 4.72 Å². The average Bonchev–Trinajstić information content (AvgIpc) is 2.69. The molecule has 0 aliphatic rings. The summed E-state index contributed by atoms with van der Waals surface area (Å²) in [6, 6.07) is 9.89. The van der Waals surface area contributed by atoms with Crippen molar-refractivity contribution in [2.24, 2.45) is 0 Å². The monoisotopic (exact) mass is 391 g/mol. The lowest BCUT2D eigenvalue weighted by molar-refractivity contribution is 0.0796. The van der Waals surface area contributed by atoms with Crippen molar-refractivity contribution in [2.75, 3.05) is 33.9 Å². The Kier molecular flexibility index (Phi) is 7.90. The maximum atomic E-state index is 12.6. The highest BCUT2D eigenvalue weighted by Crippen LogP contribution is 2.13. The van der Waals surface area contributed by atoms with E-state index in [2.05, 4.69) is 9.71 Å². The van der Waals surface area contributed by atoms with Gasteiger partial charge in [-0.2, -0.15) is 0 Å². The standard InChI is InChI=1S/C19H25N3O4S/c1-22(13-9-16-7-11-20-12-8-16)19(23)17-5-3-6-18(15-17)27(24,25)21-10-4-14-26-2/h3,5-8,11-12,15,21H,4,9-10,13-14H2,1-2H3. The van der Waals surface area contributed by atoms with Gasteiger partial charge < -0.3 is 9.64 Å². The van der Waals surface area contributed by atoms with Crippen molar-refractivity contribution in [3.8, 4) is 0 Å². The molecule has 0 spiro atoms. The number of benzene rings is 1. The summed E-state index contributed by atoms with van der Waals surface area (Å²) < 4.78 is 32.2. The fourth-order valence-corrected chi connectivity index (χ4v) is 3.59. The molecule has 0 aliphatic carbocycles. The van der Waals surface area contributed by atoms with Crippen molar-refractivity contribution in [1.29, 1.82) is 0 Å². The second-order valence-corrected chi connectivity index (χ2v) is 7.87. The first-order valence-electron chi connectivity index (χ1n) is 8.67. The minimum Gasteiger partial charge on any atom is -0.385 e. The minimum atomic E-state index is -3.66. The van der Waals surface area contributed by atoms with Crippen LogP contribution in [0, 0.1) is 0 Å². The van der Waals surface area contributed by atoms with Gasteiger partial charge in [0.2, 0.25) is 10.0 Å². The van der Waals surface area contributed by atoms with E-state index in [0.717, 1.165) is 5.56 Å². The number of sulfonamides is 1. The third-order valence-corrected chi connectivity index (χ3v) is 5.50. The summed E-state index contributed by atoms with van der Waals surface area (Å²) in [7, 11) is -0.395. The van der Waals surface area contributed by atoms with Crippen LogP contribution in [0.3, 0.4) is 0 Å². The Bertz CT molecular complexity index is 841. The fourth-order valence-electron chi connectivity index (χ4n) is 2.47. The number of pyridine rings is 1. The van der Waals surface area contributed by atoms with Crippen molar-refractivity contribution < 1.29 is 17.9 Å². The number of carbonyl (C=O) groups is 1. The Balaban J connectivity index is 2.01. The molecule has 0 atom stereocenters. The van der Waals surface area contributed by atoms with Gasteiger partial charge in [0.25, 0.3) is 5.91 Å². The summed E-state index contributed by atoms with van der Waals surface area (Å²) >= 11 is 0. The number of nitrogens with one attached hydrogen (secondary N) is 1. The van der Waals surface area contributed by atoms with E-state index in [4.69, 9.17) is 4.74 Å². The van der Waals surface area contributed by atoms with Gasteiger partial charge in [-0.05, 0) is 48.7 Å². The Morgan fingerprint density at radius 2 is 1.96 bits per heavy atom. The smallest absolute Gasteiger partial charge is 0.253 e. The molecule has 0 bridgehead atoms. The molecule has 1 N–H and O–H groups in total. The molecule has 1 amide bonds. The first-order valence-corrected chi connectivity index (χ1v) is 10.2. The third-order valence-electron chi connectivity index (χ3n) is 4.04. The molecule has 7 nitrogen and oxygen atoms in total. The van der Waals surface area contributed by atoms with E-state index < -0.39 is 10.0 Å². The zero-order valence-corrected chi connectivity index (χ0v) is 16.4. The Morgan fingerprint density at radius 1 is 1.22 bits per heavy atom. The number of aromatic nitrogens is 1. The van der Waals surface area contributed by atoms with Crippen molar-refractivity contribution in [3.63, 3.8) is 0 Å². The number of rotatable bonds is 10. The van der Waals surface area contributed by atoms with Crippen LogP contribution in [0.2, 0.25) is 0 Å². The quantitative estimate of drug-likeness (QED) is 0.623. The van der Waals surface area contributed by atoms with Crippen molar-refractivity contribution >= 4 is 15.9 Å². The van der Waals surface area contributed by atoms with Gasteiger partial charge in [-0.3, -0.25) is 9.78 Å². The molecule has 1 aromatic heterocycles. The molecule has 1 heterocycles. The molecule has 1 aromatic carbocycles. The van der Waals surface area contributed by atoms with Gasteiger partial charge in [0.15, 0.2) is 0 Å². The summed E-state index contributed by atoms with van der Waals surface area (Å²) in [6.45, 7) is 1.28. The summed E-state index contributed by atoms with van der Waals surface area (Å²) in [5.41, 5.74) is 1.42. The number of hydrogen-bond donors (Lipinski definition) is 1. The molecule has 146 valence electrons. The van der Waals surface area contributed by atoms with E-state index in [0.29, 0.717) is 31.6 Å². The van der Waals surface area contributed by atoms with E-state index in [9.17, 15) is 13.2 Å². The molecule has 0 unspecified atom stereocenters. The molecule has 0 radical (unpaired) electrons. The van der Waals surface area contributed by atoms with Crippen molar-refractivity contribution in [3.05, 3.63) is 59.9 Å². The SMILES string of the molecule is COCCCNS(=O)(=O)c1cccc(C(=O)N(C)CCc2ccncc2)c1. The number of ether oxygens (including phenoxy) is 1. The van der Waals surface area contributed by atoms with Gasteiger partial charge in [0.05, 0.1) is 4.90 Å². The van der Waals surface area contributed by atoms with Crippen LogP contribution in [0.25, 0.3) is 0 Å². The number of methoxy groups -OCH3 is 1. The van der Waals surface area contributed by atoms with Crippen LogP contribution in [0.5, 0.6) is 0 Å². The topological polar surface area (TPSA) is 88.6 Å². The first-order chi connectivity index (χ1) is 12.9. The maximum absolute atomic E-state index is 12.6. The fraction of sp³-hybridized carbons (Fsp3) is 0.368. The van der Waals surface area contributed by atoms with Crippen LogP contribution in [-0.4, -0.2) is 58.1 Å². The Labute approximate surface area is 160 Å². The molecule has 8 heteroatoms. The second kappa shape index (κ2) is 10.1. The van der Waals surface area contributed by atoms with Gasteiger partial charge in [-0.25, -0.2) is 13.1 Å². The normalized spacial score (nSPS) is 11.3. The zero-order valence-electron chi connectivity index (χ0n) is 15.6. The van der Waals surface area contributed by atoms with Crippen molar-refractivity contribution in [1.82, 2.24) is 14.6 Å². The van der Waals surface area contributed by atoms with Gasteiger partial charge in [-0.15, -0.1) is 0 Å². The van der Waals surface area contributed by atoms with E-state index in [-0.39, 0.29) is 17.3 Å². The Morgan fingerprint density at radius 3 is 2.67 bits per heavy atom. The molecular formula is C19H25N3O4S. The molecule has 0 saturated heterocycles. The van der Waals surface area contributed by atoms with Crippen LogP contribution in [0.4, 0.5) is 0 Å². The molecule has 0 aliphatic heterocycles. The number of likely N-dealkylation sites (N-methyl/N-ethyl adjacent to an activating group) is 1. The minimum absolute atomic E-state index is 0.0771. The maximum Gasteiger partial charge on any atom is 0.253 e. The van der Waals surface area contributed by atoms with Crippen LogP contribution in [0.1, 0.15) is 22.3 Å². The molecule has 2 aromatic rings. The first kappa shape index (κ1) is 21.0. The second-order valence-electron chi connectivity index (χ2n) is 6.10. The lowest BCUT2D eigenvalue weighted by Crippen LogP contribution is -2.29. The van der Waals surface area contributed by atoms with E-state index >= 15 is 0 Å². The van der Waals surface area contributed by atoms with Gasteiger partial charge in [0.1, 0.15) is 0 Å². The van der Waals surface area contributed by atoms with Crippen LogP contribution >= 0.6 is 0 Å². The molecule has 2 rings (SSSR count). The average molecular weight is 391 g/mol. The number of carbonyl (C=O) groups excluding carboxylic acids is 1. The van der Waals surface area contributed by atoms with E-state index in [1.165, 1.54) is 12.1 Å². The van der Waals surface area contributed by atoms with Crippen LogP contribution in [-0.2, 0) is 21.2 Å². The predicted molar refractivity (Wildman–Crippen MR) is 103 cm³/mol. The van der Waals surface area contributed by atoms with Crippen LogP contribution in [0.15, 0.2) is 53.7 Å². The summed E-state index contributed by atoms with van der Waals surface area (Å²) in [5.74, 6) is -0.222. The summed E-state index contributed by atoms with van der Waals surface area (Å²) in [5, 5.41) is 0. The Hall–Kier alpha value is -2.29. The largest absolute Gasteiger partial charge is 0.385 e. The predicted octanol–water partition coefficient (Wildman–Crippen LogP) is 1.71. The number of hydrogen-bond acceptors (Lipinski definition) is 5. The lowest BCUT2D eigenvalue weighted by Gasteiger charge is -2.17. The third kappa shape index (κ3) is 6.42. The molecule has 0 saturated carbocycles. The lowest BCUT2D eigenvalue weighted by atomic mass is 10.1. The summed E-state index contributed by atoms with van der Waals surface area (Å²) in [4.78, 5) is 18.3. The van der Waals surface area contributed by atoms with E-state index in [1.54, 1.807) is 43.6 Å². The molecule has 0 fully saturated rings. The van der Waals surface area contributed by atoms with Gasteiger partial charge in [0, 0.05) is 51.8 Å². The van der Waals surface area contributed by atoms with Gasteiger partial charge >= 0.3 is 0 Å². The van der Waals surface area contributed by atoms with E-state index in [1.807, 2.05) is 12.1 Å². The highest BCUT2D eigenvalue weighted by Gasteiger charge is 2.17. The number of nitrogens with zero attached hydrogens (tertiary/aromatic N) is 2. The summed E-state index contributed by atoms with van der Waals surface area (Å²) in [6.07, 6.45) is 4.70. The van der Waals surface area contributed by atoms with Crippen molar-refractivity contribution in [2.45, 2.75) is 17.7 Å². The van der Waals surface area contributed by atoms with Gasteiger partial charge in [-0.1, -0.05) is 6.07 Å². The highest BCUT2D eigenvalue weighted by molar-refractivity contribution is 7.89. The number of amides is 1.